The van der Waals surface area contributed by atoms with Crippen LogP contribution in [0.1, 0.15) is 122 Å². The number of unbranched alkanes of at least 4 members (excludes halogenated alkanes) is 1. The summed E-state index contributed by atoms with van der Waals surface area (Å²) in [5.41, 5.74) is 2.84. The summed E-state index contributed by atoms with van der Waals surface area (Å²) in [5.74, 6) is 2.96. The SMILES string of the molecule is C=C(CCCC(=O)CCCC(CCC)Cc1ccccc1)CC1CCCCC1CCCC. The number of carbonyl (C=O) groups is 1. The van der Waals surface area contributed by atoms with Gasteiger partial charge in [-0.1, -0.05) is 108 Å². The summed E-state index contributed by atoms with van der Waals surface area (Å²) >= 11 is 0. The summed E-state index contributed by atoms with van der Waals surface area (Å²) in [6, 6.07) is 10.8. The van der Waals surface area contributed by atoms with Crippen LogP contribution < -0.4 is 0 Å². The predicted octanol–water partition coefficient (Wildman–Crippen LogP) is 9.50. The molecule has 0 radical (unpaired) electrons. The normalized spacial score (nSPS) is 19.6. The number of hydrogen-bond acceptors (Lipinski definition) is 1. The first-order valence-corrected chi connectivity index (χ1v) is 13.8. The highest BCUT2D eigenvalue weighted by atomic mass is 16.1. The molecule has 1 aromatic rings. The Hall–Kier alpha value is -1.37. The minimum absolute atomic E-state index is 0.464. The van der Waals surface area contributed by atoms with Crippen molar-refractivity contribution in [3.63, 3.8) is 0 Å². The van der Waals surface area contributed by atoms with E-state index in [1.54, 1.807) is 0 Å². The van der Waals surface area contributed by atoms with Gasteiger partial charge in [-0.25, -0.2) is 0 Å². The molecule has 1 aliphatic rings. The molecular weight excluding hydrogens is 388 g/mol. The summed E-state index contributed by atoms with van der Waals surface area (Å²) < 4.78 is 0. The van der Waals surface area contributed by atoms with Gasteiger partial charge in [0.15, 0.2) is 0 Å². The van der Waals surface area contributed by atoms with Gasteiger partial charge in [0.05, 0.1) is 0 Å². The molecule has 0 bridgehead atoms. The van der Waals surface area contributed by atoms with Crippen LogP contribution in [-0.2, 0) is 11.2 Å². The molecule has 1 nitrogen and oxygen atoms in total. The van der Waals surface area contributed by atoms with Crippen molar-refractivity contribution in [2.75, 3.05) is 0 Å². The smallest absolute Gasteiger partial charge is 0.132 e. The van der Waals surface area contributed by atoms with Crippen LogP contribution in [-0.4, -0.2) is 5.78 Å². The van der Waals surface area contributed by atoms with Crippen LogP contribution in [0, 0.1) is 17.8 Å². The number of allylic oxidation sites excluding steroid dienone is 1. The van der Waals surface area contributed by atoms with Crippen molar-refractivity contribution < 1.29 is 4.79 Å². The van der Waals surface area contributed by atoms with Gasteiger partial charge in [-0.05, 0) is 68.3 Å². The maximum Gasteiger partial charge on any atom is 0.132 e. The fraction of sp³-hybridized carbons (Fsp3) is 0.710. The number of benzene rings is 1. The number of rotatable bonds is 17. The van der Waals surface area contributed by atoms with E-state index < -0.39 is 0 Å². The van der Waals surface area contributed by atoms with E-state index in [-0.39, 0.29) is 0 Å². The number of ketones is 1. The van der Waals surface area contributed by atoms with E-state index in [1.807, 2.05) is 0 Å². The maximum absolute atomic E-state index is 12.5. The van der Waals surface area contributed by atoms with Crippen LogP contribution in [0.25, 0.3) is 0 Å². The third kappa shape index (κ3) is 11.0. The van der Waals surface area contributed by atoms with E-state index in [9.17, 15) is 4.79 Å². The van der Waals surface area contributed by atoms with E-state index in [1.165, 1.54) is 81.8 Å². The fourth-order valence-electron chi connectivity index (χ4n) is 5.82. The molecule has 1 aliphatic carbocycles. The first kappa shape index (κ1) is 26.9. The molecule has 3 atom stereocenters. The summed E-state index contributed by atoms with van der Waals surface area (Å²) in [4.78, 5) is 12.5. The fourth-order valence-corrected chi connectivity index (χ4v) is 5.82. The number of carbonyl (C=O) groups excluding carboxylic acids is 1. The summed E-state index contributed by atoms with van der Waals surface area (Å²) in [6.07, 6.45) is 20.4. The third-order valence-electron chi connectivity index (χ3n) is 7.66. The second-order valence-electron chi connectivity index (χ2n) is 10.5. The molecule has 0 aliphatic heterocycles. The lowest BCUT2D eigenvalue weighted by Gasteiger charge is -2.32. The second-order valence-corrected chi connectivity index (χ2v) is 10.5. The van der Waals surface area contributed by atoms with Crippen molar-refractivity contribution in [2.45, 2.75) is 123 Å². The molecule has 0 amide bonds. The molecule has 0 heterocycles. The molecule has 0 aromatic heterocycles. The monoisotopic (exact) mass is 438 g/mol. The average molecular weight is 439 g/mol. The lowest BCUT2D eigenvalue weighted by Crippen LogP contribution is -2.20. The van der Waals surface area contributed by atoms with Gasteiger partial charge >= 0.3 is 0 Å². The molecule has 1 heteroatoms. The van der Waals surface area contributed by atoms with Crippen LogP contribution in [0.15, 0.2) is 42.5 Å². The van der Waals surface area contributed by atoms with Crippen molar-refractivity contribution in [1.29, 1.82) is 0 Å². The lowest BCUT2D eigenvalue weighted by molar-refractivity contribution is -0.119. The maximum atomic E-state index is 12.5. The van der Waals surface area contributed by atoms with Crippen LogP contribution in [0.4, 0.5) is 0 Å². The zero-order valence-electron chi connectivity index (χ0n) is 21.3. The van der Waals surface area contributed by atoms with E-state index in [0.717, 1.165) is 50.4 Å². The zero-order chi connectivity index (χ0) is 23.0. The van der Waals surface area contributed by atoms with Gasteiger partial charge in [0.25, 0.3) is 0 Å². The number of hydrogen-bond donors (Lipinski definition) is 0. The molecule has 1 fully saturated rings. The average Bonchev–Trinajstić information content (AvgIpc) is 2.79. The predicted molar refractivity (Wildman–Crippen MR) is 140 cm³/mol. The van der Waals surface area contributed by atoms with Crippen LogP contribution in [0.3, 0.4) is 0 Å². The Morgan fingerprint density at radius 1 is 0.906 bits per heavy atom. The molecule has 3 unspecified atom stereocenters. The van der Waals surface area contributed by atoms with Crippen molar-refractivity contribution in [2.24, 2.45) is 17.8 Å². The first-order chi connectivity index (χ1) is 15.6. The minimum atomic E-state index is 0.464. The van der Waals surface area contributed by atoms with E-state index in [0.29, 0.717) is 11.7 Å². The largest absolute Gasteiger partial charge is 0.300 e. The van der Waals surface area contributed by atoms with Crippen molar-refractivity contribution in [1.82, 2.24) is 0 Å². The Balaban J connectivity index is 1.61. The lowest BCUT2D eigenvalue weighted by atomic mass is 9.74. The summed E-state index contributed by atoms with van der Waals surface area (Å²) in [5, 5.41) is 0. The quantitative estimate of drug-likeness (QED) is 0.221. The molecule has 2 rings (SSSR count). The van der Waals surface area contributed by atoms with Crippen LogP contribution >= 0.6 is 0 Å². The van der Waals surface area contributed by atoms with E-state index >= 15 is 0 Å². The molecule has 180 valence electrons. The minimum Gasteiger partial charge on any atom is -0.300 e. The van der Waals surface area contributed by atoms with Gasteiger partial charge in [0, 0.05) is 12.8 Å². The molecule has 0 saturated heterocycles. The van der Waals surface area contributed by atoms with Crippen molar-refractivity contribution >= 4 is 5.78 Å². The van der Waals surface area contributed by atoms with Gasteiger partial charge in [0.2, 0.25) is 0 Å². The topological polar surface area (TPSA) is 17.1 Å². The van der Waals surface area contributed by atoms with Crippen LogP contribution in [0.5, 0.6) is 0 Å². The second kappa shape index (κ2) is 16.3. The van der Waals surface area contributed by atoms with Crippen molar-refractivity contribution in [3.05, 3.63) is 48.0 Å². The Kier molecular flexibility index (Phi) is 13.7. The van der Waals surface area contributed by atoms with E-state index in [4.69, 9.17) is 0 Å². The Labute approximate surface area is 199 Å². The molecule has 32 heavy (non-hydrogen) atoms. The standard InChI is InChI=1S/C31H50O/c1-4-6-19-29-20-10-11-21-30(29)24-26(3)15-12-22-31(32)23-13-18-27(14-5-2)25-28-16-8-7-9-17-28/h7-9,16-17,27,29-30H,3-6,10-15,18-25H2,1-2H3. The Morgan fingerprint density at radius 2 is 1.62 bits per heavy atom. The van der Waals surface area contributed by atoms with Gasteiger partial charge in [-0.2, -0.15) is 0 Å². The molecule has 0 spiro atoms. The van der Waals surface area contributed by atoms with Gasteiger partial charge in [-0.3, -0.25) is 4.79 Å². The highest BCUT2D eigenvalue weighted by Gasteiger charge is 2.24. The van der Waals surface area contributed by atoms with Crippen LogP contribution in [0.2, 0.25) is 0 Å². The van der Waals surface area contributed by atoms with E-state index in [2.05, 4.69) is 50.8 Å². The first-order valence-electron chi connectivity index (χ1n) is 13.8. The third-order valence-corrected chi connectivity index (χ3v) is 7.66. The Morgan fingerprint density at radius 3 is 2.34 bits per heavy atom. The molecular formula is C31H50O. The van der Waals surface area contributed by atoms with Gasteiger partial charge in [0.1, 0.15) is 5.78 Å². The zero-order valence-corrected chi connectivity index (χ0v) is 21.3. The molecule has 0 N–H and O–H groups in total. The highest BCUT2D eigenvalue weighted by Crippen LogP contribution is 2.37. The molecule has 1 aromatic carbocycles. The summed E-state index contributed by atoms with van der Waals surface area (Å²) in [6.45, 7) is 8.97. The Bertz CT molecular complexity index is 631. The van der Waals surface area contributed by atoms with Crippen molar-refractivity contribution in [3.8, 4) is 0 Å². The van der Waals surface area contributed by atoms with Gasteiger partial charge < -0.3 is 0 Å². The molecule has 1 saturated carbocycles. The van der Waals surface area contributed by atoms with Gasteiger partial charge in [-0.15, -0.1) is 0 Å². The highest BCUT2D eigenvalue weighted by molar-refractivity contribution is 5.78. The summed E-state index contributed by atoms with van der Waals surface area (Å²) in [7, 11) is 0. The number of Topliss-reactive ketones (excluding diaryl/α,β-unsaturated/α-hetero) is 1.